The van der Waals surface area contributed by atoms with Crippen LogP contribution in [0.5, 0.6) is 0 Å². The lowest BCUT2D eigenvalue weighted by molar-refractivity contribution is 1.26. The smallest absolute Gasteiger partial charge is 0.165 e. The number of nitrogens with two attached hydrogens (primary N) is 1. The van der Waals surface area contributed by atoms with E-state index >= 15 is 0 Å². The average Bonchev–Trinajstić information content (AvgIpc) is 2.36. The number of hydrogen-bond acceptors (Lipinski definition) is 4. The van der Waals surface area contributed by atoms with Crippen molar-refractivity contribution in [1.82, 2.24) is 4.98 Å². The van der Waals surface area contributed by atoms with Crippen molar-refractivity contribution in [3.8, 4) is 6.07 Å². The Labute approximate surface area is 119 Å². The molecule has 90 valence electrons. The van der Waals surface area contributed by atoms with Crippen LogP contribution in [0.4, 0.5) is 17.2 Å². The van der Waals surface area contributed by atoms with E-state index in [9.17, 15) is 0 Å². The Balaban J connectivity index is 2.29. The number of benzene rings is 1. The number of nitrogen functional groups attached to an aromatic ring is 1. The van der Waals surface area contributed by atoms with Crippen molar-refractivity contribution < 1.29 is 0 Å². The van der Waals surface area contributed by atoms with Crippen LogP contribution in [0.3, 0.4) is 0 Å². The van der Waals surface area contributed by atoms with Crippen LogP contribution in [0, 0.1) is 21.8 Å². The highest BCUT2D eigenvalue weighted by molar-refractivity contribution is 14.1. The Bertz CT molecular complexity index is 631. The lowest BCUT2D eigenvalue weighted by atomic mass is 10.2. The monoisotopic (exact) mass is 350 g/mol. The topological polar surface area (TPSA) is 74.7 Å². The summed E-state index contributed by atoms with van der Waals surface area (Å²) in [5, 5.41) is 12.0. The lowest BCUT2D eigenvalue weighted by Gasteiger charge is -2.08. The zero-order valence-electron chi connectivity index (χ0n) is 9.74. The first kappa shape index (κ1) is 12.6. The fourth-order valence-corrected chi connectivity index (χ4v) is 1.96. The number of halogens is 1. The molecule has 0 unspecified atom stereocenters. The molecule has 0 aliphatic heterocycles. The molecule has 0 amide bonds. The predicted octanol–water partition coefficient (Wildman–Crippen LogP) is 3.19. The SMILES string of the molecule is Cc1ccc(Nc2ccc(N)c(C#N)n2)cc1I. The molecule has 18 heavy (non-hydrogen) atoms. The van der Waals surface area contributed by atoms with Crippen LogP contribution in [0.2, 0.25) is 0 Å². The van der Waals surface area contributed by atoms with Gasteiger partial charge in [0.1, 0.15) is 11.9 Å². The van der Waals surface area contributed by atoms with Crippen molar-refractivity contribution in [3.63, 3.8) is 0 Å². The zero-order chi connectivity index (χ0) is 13.1. The number of nitriles is 1. The van der Waals surface area contributed by atoms with Crippen LogP contribution in [-0.2, 0) is 0 Å². The molecule has 0 fully saturated rings. The minimum atomic E-state index is 0.238. The molecule has 1 aromatic heterocycles. The van der Waals surface area contributed by atoms with Gasteiger partial charge in [-0.05, 0) is 59.3 Å². The van der Waals surface area contributed by atoms with Gasteiger partial charge in [0.2, 0.25) is 0 Å². The maximum absolute atomic E-state index is 8.87. The van der Waals surface area contributed by atoms with Gasteiger partial charge in [0.05, 0.1) is 5.69 Å². The van der Waals surface area contributed by atoms with E-state index in [1.807, 2.05) is 24.3 Å². The molecule has 0 bridgehead atoms. The van der Waals surface area contributed by atoms with E-state index < -0.39 is 0 Å². The second kappa shape index (κ2) is 5.23. The number of anilines is 3. The van der Waals surface area contributed by atoms with E-state index in [1.54, 1.807) is 12.1 Å². The summed E-state index contributed by atoms with van der Waals surface area (Å²) in [5.41, 5.74) is 8.41. The molecule has 1 aromatic carbocycles. The van der Waals surface area contributed by atoms with Crippen LogP contribution in [0.15, 0.2) is 30.3 Å². The lowest BCUT2D eigenvalue weighted by Crippen LogP contribution is -1.99. The first-order valence-corrected chi connectivity index (χ1v) is 6.38. The third kappa shape index (κ3) is 2.71. The van der Waals surface area contributed by atoms with Gasteiger partial charge < -0.3 is 11.1 Å². The summed E-state index contributed by atoms with van der Waals surface area (Å²) in [6.45, 7) is 2.06. The molecule has 0 saturated carbocycles. The summed E-state index contributed by atoms with van der Waals surface area (Å²) in [5.74, 6) is 0.611. The summed E-state index contributed by atoms with van der Waals surface area (Å²) in [7, 11) is 0. The van der Waals surface area contributed by atoms with Gasteiger partial charge in [0, 0.05) is 9.26 Å². The molecule has 2 aromatic rings. The van der Waals surface area contributed by atoms with Gasteiger partial charge in [-0.15, -0.1) is 0 Å². The number of nitrogens with zero attached hydrogens (tertiary/aromatic N) is 2. The molecule has 3 N–H and O–H groups in total. The van der Waals surface area contributed by atoms with Gasteiger partial charge in [-0.25, -0.2) is 4.98 Å². The van der Waals surface area contributed by atoms with Gasteiger partial charge in [-0.2, -0.15) is 5.26 Å². The zero-order valence-corrected chi connectivity index (χ0v) is 11.9. The molecule has 5 heteroatoms. The van der Waals surface area contributed by atoms with E-state index in [0.717, 1.165) is 5.69 Å². The predicted molar refractivity (Wildman–Crippen MR) is 80.5 cm³/mol. The van der Waals surface area contributed by atoms with Crippen LogP contribution < -0.4 is 11.1 Å². The molecule has 0 aliphatic carbocycles. The fourth-order valence-electron chi connectivity index (χ4n) is 1.45. The molecule has 4 nitrogen and oxygen atoms in total. The highest BCUT2D eigenvalue weighted by Crippen LogP contribution is 2.21. The number of rotatable bonds is 2. The Kier molecular flexibility index (Phi) is 3.67. The number of hydrogen-bond donors (Lipinski definition) is 2. The summed E-state index contributed by atoms with van der Waals surface area (Å²) in [4.78, 5) is 4.14. The normalized spacial score (nSPS) is 9.83. The molecule has 0 radical (unpaired) electrons. The molecule has 0 atom stereocenters. The summed E-state index contributed by atoms with van der Waals surface area (Å²) < 4.78 is 1.17. The second-order valence-corrected chi connectivity index (χ2v) is 5.00. The van der Waals surface area contributed by atoms with Crippen LogP contribution in [-0.4, -0.2) is 4.98 Å². The number of aromatic nitrogens is 1. The van der Waals surface area contributed by atoms with Crippen molar-refractivity contribution >= 4 is 39.8 Å². The Hall–Kier alpha value is -1.81. The van der Waals surface area contributed by atoms with E-state index in [-0.39, 0.29) is 5.69 Å². The first-order valence-electron chi connectivity index (χ1n) is 5.30. The van der Waals surface area contributed by atoms with Gasteiger partial charge in [0.25, 0.3) is 0 Å². The van der Waals surface area contributed by atoms with Crippen LogP contribution in [0.1, 0.15) is 11.3 Å². The van der Waals surface area contributed by atoms with Crippen molar-refractivity contribution in [2.75, 3.05) is 11.1 Å². The third-order valence-electron chi connectivity index (χ3n) is 2.48. The number of nitrogens with one attached hydrogen (secondary N) is 1. The highest BCUT2D eigenvalue weighted by atomic mass is 127. The van der Waals surface area contributed by atoms with E-state index in [4.69, 9.17) is 11.0 Å². The van der Waals surface area contributed by atoms with E-state index in [0.29, 0.717) is 11.5 Å². The van der Waals surface area contributed by atoms with Gasteiger partial charge >= 0.3 is 0 Å². The fraction of sp³-hybridized carbons (Fsp3) is 0.0769. The summed E-state index contributed by atoms with van der Waals surface area (Å²) >= 11 is 2.28. The van der Waals surface area contributed by atoms with Crippen molar-refractivity contribution in [1.29, 1.82) is 5.26 Å². The minimum absolute atomic E-state index is 0.238. The maximum atomic E-state index is 8.87. The molecule has 0 saturated heterocycles. The second-order valence-electron chi connectivity index (χ2n) is 3.84. The molecular formula is C13H11IN4. The quantitative estimate of drug-likeness (QED) is 0.816. The molecule has 2 rings (SSSR count). The highest BCUT2D eigenvalue weighted by Gasteiger charge is 2.03. The Morgan fingerprint density at radius 1 is 1.33 bits per heavy atom. The third-order valence-corrected chi connectivity index (χ3v) is 3.64. The standard InChI is InChI=1S/C13H11IN4/c1-8-2-3-9(6-10(8)14)17-13-5-4-11(16)12(7-15)18-13/h2-6H,16H2,1H3,(H,17,18). The van der Waals surface area contributed by atoms with Crippen molar-refractivity contribution in [3.05, 3.63) is 45.2 Å². The van der Waals surface area contributed by atoms with Gasteiger partial charge in [-0.3, -0.25) is 0 Å². The maximum Gasteiger partial charge on any atom is 0.165 e. The van der Waals surface area contributed by atoms with E-state index in [2.05, 4.69) is 39.8 Å². The van der Waals surface area contributed by atoms with Gasteiger partial charge in [0.15, 0.2) is 5.69 Å². The van der Waals surface area contributed by atoms with Crippen molar-refractivity contribution in [2.24, 2.45) is 0 Å². The molecule has 0 spiro atoms. The van der Waals surface area contributed by atoms with E-state index in [1.165, 1.54) is 9.13 Å². The first-order chi connectivity index (χ1) is 8.60. The molecule has 1 heterocycles. The summed E-state index contributed by atoms with van der Waals surface area (Å²) in [6, 6.07) is 11.4. The van der Waals surface area contributed by atoms with Crippen LogP contribution in [0.25, 0.3) is 0 Å². The summed E-state index contributed by atoms with van der Waals surface area (Å²) in [6.07, 6.45) is 0. The molecule has 0 aliphatic rings. The van der Waals surface area contributed by atoms with Gasteiger partial charge in [-0.1, -0.05) is 6.07 Å². The largest absolute Gasteiger partial charge is 0.396 e. The number of pyridine rings is 1. The Morgan fingerprint density at radius 3 is 2.78 bits per heavy atom. The van der Waals surface area contributed by atoms with Crippen LogP contribution >= 0.6 is 22.6 Å². The number of aryl methyl sites for hydroxylation is 1. The van der Waals surface area contributed by atoms with Crippen molar-refractivity contribution in [2.45, 2.75) is 6.92 Å². The average molecular weight is 350 g/mol. The minimum Gasteiger partial charge on any atom is -0.396 e. The molecular weight excluding hydrogens is 339 g/mol. The Morgan fingerprint density at radius 2 is 2.11 bits per heavy atom.